The van der Waals surface area contributed by atoms with Gasteiger partial charge in [-0.15, -0.1) is 6.42 Å². The van der Waals surface area contributed by atoms with E-state index in [1.807, 2.05) is 18.4 Å². The molecule has 0 aliphatic rings. The Labute approximate surface area is 95.4 Å². The van der Waals surface area contributed by atoms with Gasteiger partial charge in [-0.3, -0.25) is 4.79 Å². The molecule has 0 saturated heterocycles. The van der Waals surface area contributed by atoms with Crippen LogP contribution in [0.15, 0.2) is 18.2 Å². The summed E-state index contributed by atoms with van der Waals surface area (Å²) in [6.07, 6.45) is 7.99. The molecule has 1 aromatic rings. The molecule has 0 N–H and O–H groups in total. The maximum atomic E-state index is 10.1. The number of methoxy groups -OCH3 is 1. The maximum absolute atomic E-state index is 10.1. The molecule has 0 saturated carbocycles. The number of rotatable bonds is 6. The van der Waals surface area contributed by atoms with Gasteiger partial charge in [0.15, 0.2) is 17.8 Å². The molecule has 3 heteroatoms. The minimum absolute atomic E-state index is 0.206. The Morgan fingerprint density at radius 1 is 1.38 bits per heavy atom. The van der Waals surface area contributed by atoms with E-state index in [9.17, 15) is 4.79 Å². The van der Waals surface area contributed by atoms with Gasteiger partial charge in [0, 0.05) is 6.42 Å². The quantitative estimate of drug-likeness (QED) is 0.681. The van der Waals surface area contributed by atoms with Crippen molar-refractivity contribution in [1.29, 1.82) is 0 Å². The van der Waals surface area contributed by atoms with Gasteiger partial charge in [0.25, 0.3) is 0 Å². The average Bonchev–Trinajstić information content (AvgIpc) is 2.34. The van der Waals surface area contributed by atoms with Crippen LogP contribution >= 0.6 is 0 Å². The van der Waals surface area contributed by atoms with Crippen molar-refractivity contribution >= 4 is 6.29 Å². The van der Waals surface area contributed by atoms with Gasteiger partial charge < -0.3 is 9.47 Å². The van der Waals surface area contributed by atoms with Crippen LogP contribution in [0.25, 0.3) is 0 Å². The second-order valence-corrected chi connectivity index (χ2v) is 3.12. The fraction of sp³-hybridized carbons (Fsp3) is 0.308. The molecule has 0 aromatic heterocycles. The van der Waals surface area contributed by atoms with E-state index in [4.69, 9.17) is 15.9 Å². The van der Waals surface area contributed by atoms with Gasteiger partial charge >= 0.3 is 0 Å². The molecular formula is C13H13O3. The van der Waals surface area contributed by atoms with Crippen LogP contribution in [0.2, 0.25) is 0 Å². The summed E-state index contributed by atoms with van der Waals surface area (Å²) in [5.41, 5.74) is 1.01. The normalized spacial score (nSPS) is 9.25. The van der Waals surface area contributed by atoms with Crippen LogP contribution in [0, 0.1) is 12.3 Å². The fourth-order valence-electron chi connectivity index (χ4n) is 1.30. The monoisotopic (exact) mass is 217 g/mol. The smallest absolute Gasteiger partial charge is 0.198 e. The maximum Gasteiger partial charge on any atom is 0.198 e. The molecule has 0 unspecified atom stereocenters. The molecule has 0 amide bonds. The lowest BCUT2D eigenvalue weighted by Crippen LogP contribution is -1.97. The molecule has 0 aliphatic heterocycles. The molecule has 3 nitrogen and oxygen atoms in total. The lowest BCUT2D eigenvalue weighted by atomic mass is 10.1. The van der Waals surface area contributed by atoms with Crippen LogP contribution in [0.5, 0.6) is 11.5 Å². The van der Waals surface area contributed by atoms with Crippen LogP contribution < -0.4 is 9.47 Å². The van der Waals surface area contributed by atoms with Crippen molar-refractivity contribution < 1.29 is 14.3 Å². The summed E-state index contributed by atoms with van der Waals surface area (Å²) in [6, 6.07) is 5.51. The van der Waals surface area contributed by atoms with Crippen LogP contribution in [0.4, 0.5) is 0 Å². The van der Waals surface area contributed by atoms with Gasteiger partial charge in [0.1, 0.15) is 6.61 Å². The Bertz CT molecular complexity index is 391. The van der Waals surface area contributed by atoms with Crippen molar-refractivity contribution in [2.75, 3.05) is 13.7 Å². The molecule has 0 fully saturated rings. The van der Waals surface area contributed by atoms with E-state index >= 15 is 0 Å². The number of benzene rings is 1. The van der Waals surface area contributed by atoms with E-state index in [1.54, 1.807) is 13.2 Å². The summed E-state index contributed by atoms with van der Waals surface area (Å²) in [6.45, 7) is 0.206. The molecule has 0 bridgehead atoms. The molecule has 16 heavy (non-hydrogen) atoms. The minimum atomic E-state index is 0.206. The van der Waals surface area contributed by atoms with Crippen molar-refractivity contribution in [2.24, 2.45) is 0 Å². The topological polar surface area (TPSA) is 35.5 Å². The fourth-order valence-corrected chi connectivity index (χ4v) is 1.30. The lowest BCUT2D eigenvalue weighted by Gasteiger charge is -2.09. The van der Waals surface area contributed by atoms with E-state index in [2.05, 4.69) is 5.92 Å². The summed E-state index contributed by atoms with van der Waals surface area (Å²) in [5, 5.41) is 0. The zero-order valence-corrected chi connectivity index (χ0v) is 9.16. The van der Waals surface area contributed by atoms with Crippen LogP contribution in [0.1, 0.15) is 12.0 Å². The van der Waals surface area contributed by atoms with E-state index < -0.39 is 0 Å². The zero-order valence-electron chi connectivity index (χ0n) is 9.16. The molecule has 0 aliphatic carbocycles. The summed E-state index contributed by atoms with van der Waals surface area (Å²) < 4.78 is 10.5. The molecule has 0 atom stereocenters. The summed E-state index contributed by atoms with van der Waals surface area (Å²) in [7, 11) is 1.56. The predicted molar refractivity (Wildman–Crippen MR) is 61.3 cm³/mol. The highest BCUT2D eigenvalue weighted by atomic mass is 16.5. The first-order chi connectivity index (χ1) is 7.81. The molecular weight excluding hydrogens is 204 g/mol. The molecule has 1 rings (SSSR count). The Balaban J connectivity index is 2.80. The standard InChI is InChI=1S/C13H13O3/c1-3-9-16-12-7-6-11(5-4-8-14)10-13(12)15-2/h1,6-7,10H,4-5,9H2,2H3. The van der Waals surface area contributed by atoms with Crippen molar-refractivity contribution in [3.8, 4) is 23.8 Å². The number of hydrogen-bond acceptors (Lipinski definition) is 3. The first kappa shape index (κ1) is 12.1. The molecule has 0 spiro atoms. The highest BCUT2D eigenvalue weighted by Crippen LogP contribution is 2.28. The van der Waals surface area contributed by atoms with Crippen LogP contribution in [0.3, 0.4) is 0 Å². The average molecular weight is 217 g/mol. The second kappa shape index (κ2) is 6.52. The Kier molecular flexibility index (Phi) is 4.94. The van der Waals surface area contributed by atoms with Crippen LogP contribution in [-0.2, 0) is 11.2 Å². The summed E-state index contributed by atoms with van der Waals surface area (Å²) >= 11 is 0. The first-order valence-electron chi connectivity index (χ1n) is 4.90. The third-order valence-electron chi connectivity index (χ3n) is 2.05. The number of carbonyl (C=O) groups excluding carboxylic acids is 1. The third-order valence-corrected chi connectivity index (χ3v) is 2.05. The van der Waals surface area contributed by atoms with Gasteiger partial charge in [-0.1, -0.05) is 12.0 Å². The van der Waals surface area contributed by atoms with Crippen molar-refractivity contribution in [2.45, 2.75) is 12.8 Å². The number of terminal acetylenes is 1. The van der Waals surface area contributed by atoms with E-state index in [0.29, 0.717) is 24.3 Å². The zero-order chi connectivity index (χ0) is 11.8. The largest absolute Gasteiger partial charge is 0.493 e. The molecule has 1 radical (unpaired) electrons. The summed E-state index contributed by atoms with van der Waals surface area (Å²) in [4.78, 5) is 10.1. The van der Waals surface area contributed by atoms with Gasteiger partial charge in [-0.05, 0) is 24.1 Å². The minimum Gasteiger partial charge on any atom is -0.493 e. The third kappa shape index (κ3) is 3.32. The lowest BCUT2D eigenvalue weighted by molar-refractivity contribution is 0.330. The van der Waals surface area contributed by atoms with E-state index in [0.717, 1.165) is 5.56 Å². The van der Waals surface area contributed by atoms with Crippen molar-refractivity contribution in [3.05, 3.63) is 23.8 Å². The van der Waals surface area contributed by atoms with Crippen molar-refractivity contribution in [3.63, 3.8) is 0 Å². The highest BCUT2D eigenvalue weighted by molar-refractivity contribution is 5.52. The SMILES string of the molecule is C#CCOc1ccc(CC[C]=O)cc1OC. The van der Waals surface area contributed by atoms with Gasteiger partial charge in [-0.2, -0.15) is 0 Å². The highest BCUT2D eigenvalue weighted by Gasteiger charge is 2.05. The van der Waals surface area contributed by atoms with Crippen molar-refractivity contribution in [1.82, 2.24) is 0 Å². The number of hydrogen-bond donors (Lipinski definition) is 0. The Hall–Kier alpha value is -1.95. The molecule has 83 valence electrons. The number of aryl methyl sites for hydroxylation is 1. The molecule has 1 aromatic carbocycles. The van der Waals surface area contributed by atoms with Crippen LogP contribution in [-0.4, -0.2) is 20.0 Å². The van der Waals surface area contributed by atoms with Gasteiger partial charge in [-0.25, -0.2) is 0 Å². The van der Waals surface area contributed by atoms with E-state index in [1.165, 1.54) is 0 Å². The molecule has 0 heterocycles. The Morgan fingerprint density at radius 3 is 2.81 bits per heavy atom. The Morgan fingerprint density at radius 2 is 2.19 bits per heavy atom. The summed E-state index contributed by atoms with van der Waals surface area (Å²) in [5.74, 6) is 3.62. The van der Waals surface area contributed by atoms with Gasteiger partial charge in [0.2, 0.25) is 0 Å². The first-order valence-corrected chi connectivity index (χ1v) is 4.90. The number of ether oxygens (including phenoxy) is 2. The second-order valence-electron chi connectivity index (χ2n) is 3.12. The van der Waals surface area contributed by atoms with E-state index in [-0.39, 0.29) is 6.61 Å². The predicted octanol–water partition coefficient (Wildman–Crippen LogP) is 1.75. The van der Waals surface area contributed by atoms with Gasteiger partial charge in [0.05, 0.1) is 7.11 Å².